The average Bonchev–Trinajstić information content (AvgIpc) is 3.83. The van der Waals surface area contributed by atoms with Crippen molar-refractivity contribution in [3.8, 4) is 51.7 Å². The van der Waals surface area contributed by atoms with Gasteiger partial charge in [0.2, 0.25) is 6.29 Å². The summed E-state index contributed by atoms with van der Waals surface area (Å²) in [4.78, 5) is 0. The van der Waals surface area contributed by atoms with Gasteiger partial charge in [-0.1, -0.05) is 48.6 Å². The molecule has 1 saturated heterocycles. The van der Waals surface area contributed by atoms with Crippen molar-refractivity contribution in [3.63, 3.8) is 0 Å². The van der Waals surface area contributed by atoms with E-state index in [-0.39, 0.29) is 46.0 Å². The van der Waals surface area contributed by atoms with Crippen LogP contribution in [0.1, 0.15) is 68.6 Å². The summed E-state index contributed by atoms with van der Waals surface area (Å²) in [5.74, 6) is -1.27. The number of hydrogen-bond donors (Lipinski definition) is 10. The van der Waals surface area contributed by atoms with Crippen molar-refractivity contribution in [3.05, 3.63) is 160 Å². The highest BCUT2D eigenvalue weighted by Gasteiger charge is 2.48. The van der Waals surface area contributed by atoms with E-state index in [0.717, 1.165) is 5.56 Å². The first-order valence-electron chi connectivity index (χ1n) is 19.8. The Kier molecular flexibility index (Phi) is 10.5. The number of rotatable bonds is 9. The van der Waals surface area contributed by atoms with E-state index in [9.17, 15) is 51.1 Å². The highest BCUT2D eigenvalue weighted by atomic mass is 16.7. The Balaban J connectivity index is 1.30. The normalized spacial score (nSPS) is 25.2. The van der Waals surface area contributed by atoms with Crippen LogP contribution in [0.2, 0.25) is 0 Å². The molecule has 3 aliphatic rings. The molecule has 0 radical (unpaired) electrons. The smallest absolute Gasteiger partial charge is 0.229 e. The van der Waals surface area contributed by atoms with Gasteiger partial charge in [-0.15, -0.1) is 0 Å². The molecule has 0 bridgehead atoms. The van der Waals surface area contributed by atoms with E-state index in [1.165, 1.54) is 48.5 Å². The molecule has 0 saturated carbocycles. The molecule has 0 amide bonds. The molecule has 14 heteroatoms. The zero-order valence-corrected chi connectivity index (χ0v) is 32.6. The molecule has 6 aromatic rings. The molecule has 6 aromatic carbocycles. The monoisotopic (exact) mass is 842 g/mol. The van der Waals surface area contributed by atoms with Gasteiger partial charge in [-0.25, -0.2) is 0 Å². The standard InChI is InChI=1S/C48H42O14/c49-22-38-43(56)44(57)45(58)48(62-38)59-34-20-35(41-37(21-34)61-46(24-5-11-29(51)12-6-24)40(41)27-16-31(53)18-32(54)17-27)42-39-26(4-1-23-2-9-28(50)10-3-23)15-33(55)19-36(39)60-47(42)25-7-13-30(52)14-8-25/h1-21,38,40,42-58H,22H2. The molecule has 62 heavy (non-hydrogen) atoms. The Labute approximate surface area is 354 Å². The second kappa shape index (κ2) is 16.2. The average molecular weight is 843 g/mol. The third-order valence-corrected chi connectivity index (χ3v) is 11.6. The van der Waals surface area contributed by atoms with Crippen LogP contribution < -0.4 is 14.2 Å². The predicted octanol–water partition coefficient (Wildman–Crippen LogP) is 5.80. The zero-order valence-electron chi connectivity index (χ0n) is 32.6. The molecule has 3 heterocycles. The Morgan fingerprint density at radius 2 is 1.05 bits per heavy atom. The van der Waals surface area contributed by atoms with Gasteiger partial charge in [-0.05, 0) is 94.0 Å². The van der Waals surface area contributed by atoms with Crippen LogP contribution in [0.4, 0.5) is 0 Å². The van der Waals surface area contributed by atoms with Crippen molar-refractivity contribution < 1.29 is 70.0 Å². The summed E-state index contributed by atoms with van der Waals surface area (Å²) in [6, 6.07) is 30.0. The molecule has 318 valence electrons. The maximum absolute atomic E-state index is 11.1. The van der Waals surface area contributed by atoms with Crippen molar-refractivity contribution in [2.75, 3.05) is 6.61 Å². The molecule has 1 fully saturated rings. The van der Waals surface area contributed by atoms with E-state index in [4.69, 9.17) is 18.9 Å². The number of phenols is 6. The largest absolute Gasteiger partial charge is 0.508 e. The van der Waals surface area contributed by atoms with E-state index < -0.39 is 61.4 Å². The minimum atomic E-state index is -1.75. The summed E-state index contributed by atoms with van der Waals surface area (Å²) in [6.45, 7) is -0.687. The summed E-state index contributed by atoms with van der Waals surface area (Å²) >= 11 is 0. The van der Waals surface area contributed by atoms with E-state index >= 15 is 0 Å². The summed E-state index contributed by atoms with van der Waals surface area (Å²) in [5.41, 5.74) is 4.72. The van der Waals surface area contributed by atoms with Crippen LogP contribution in [0.15, 0.2) is 115 Å². The molecular formula is C48H42O14. The number of benzene rings is 6. The Morgan fingerprint density at radius 1 is 0.500 bits per heavy atom. The second-order valence-corrected chi connectivity index (χ2v) is 15.6. The van der Waals surface area contributed by atoms with E-state index in [1.807, 2.05) is 6.08 Å². The molecule has 14 nitrogen and oxygen atoms in total. The molecule has 9 unspecified atom stereocenters. The summed E-state index contributed by atoms with van der Waals surface area (Å²) < 4.78 is 25.6. The minimum absolute atomic E-state index is 0.0132. The van der Waals surface area contributed by atoms with Crippen LogP contribution in [0.25, 0.3) is 12.2 Å². The molecule has 10 N–H and O–H groups in total. The van der Waals surface area contributed by atoms with Crippen LogP contribution in [0.5, 0.6) is 51.7 Å². The van der Waals surface area contributed by atoms with Gasteiger partial charge >= 0.3 is 0 Å². The van der Waals surface area contributed by atoms with Gasteiger partial charge in [0.1, 0.15) is 88.4 Å². The first-order valence-corrected chi connectivity index (χ1v) is 19.8. The number of aliphatic hydroxyl groups excluding tert-OH is 4. The molecule has 3 aliphatic heterocycles. The SMILES string of the molecule is OCC1OC(Oc2cc3c(c(C4c5c(C=Cc6ccc(O)cc6)cc(O)cc5OC4c4ccc(O)cc4)c2)C(c2cc(O)cc(O)c2)C(c2ccc(O)cc2)O3)C(O)C(O)C1O. The molecule has 0 aliphatic carbocycles. The maximum atomic E-state index is 11.1. The lowest BCUT2D eigenvalue weighted by Crippen LogP contribution is -2.60. The Morgan fingerprint density at radius 3 is 1.65 bits per heavy atom. The first kappa shape index (κ1) is 40.5. The van der Waals surface area contributed by atoms with Crippen LogP contribution >= 0.6 is 0 Å². The summed E-state index contributed by atoms with van der Waals surface area (Å²) in [5, 5.41) is 106. The molecule has 9 atom stereocenters. The predicted molar refractivity (Wildman–Crippen MR) is 222 cm³/mol. The van der Waals surface area contributed by atoms with Gasteiger partial charge in [-0.3, -0.25) is 0 Å². The minimum Gasteiger partial charge on any atom is -0.508 e. The van der Waals surface area contributed by atoms with Crippen molar-refractivity contribution >= 4 is 12.2 Å². The molecule has 0 spiro atoms. The quantitative estimate of drug-likeness (QED) is 0.0775. The third-order valence-electron chi connectivity index (χ3n) is 11.6. The molecule has 9 rings (SSSR count). The Bertz CT molecular complexity index is 2610. The highest BCUT2D eigenvalue weighted by Crippen LogP contribution is 2.60. The van der Waals surface area contributed by atoms with Crippen LogP contribution in [0, 0.1) is 0 Å². The number of ether oxygens (including phenoxy) is 4. The van der Waals surface area contributed by atoms with Crippen molar-refractivity contribution in [2.45, 2.75) is 54.7 Å². The number of phenolic OH excluding ortho intramolecular Hbond substituents is 6. The third kappa shape index (κ3) is 7.54. The second-order valence-electron chi connectivity index (χ2n) is 15.6. The van der Waals surface area contributed by atoms with Crippen LogP contribution in [-0.2, 0) is 4.74 Å². The Hall–Kier alpha value is -6.94. The molecule has 0 aromatic heterocycles. The van der Waals surface area contributed by atoms with Gasteiger partial charge in [-0.2, -0.15) is 0 Å². The highest BCUT2D eigenvalue weighted by molar-refractivity contribution is 5.76. The van der Waals surface area contributed by atoms with Crippen molar-refractivity contribution in [1.82, 2.24) is 0 Å². The maximum Gasteiger partial charge on any atom is 0.229 e. The van der Waals surface area contributed by atoms with E-state index in [2.05, 4.69) is 0 Å². The van der Waals surface area contributed by atoms with Gasteiger partial charge in [0, 0.05) is 29.3 Å². The number of fused-ring (bicyclic) bond motifs is 2. The number of aliphatic hydroxyl groups is 4. The zero-order chi connectivity index (χ0) is 43.4. The molecular weight excluding hydrogens is 801 g/mol. The van der Waals surface area contributed by atoms with E-state index in [1.54, 1.807) is 72.8 Å². The van der Waals surface area contributed by atoms with Gasteiger partial charge in [0.15, 0.2) is 0 Å². The lowest BCUT2D eigenvalue weighted by atomic mass is 9.75. The number of hydrogen-bond acceptors (Lipinski definition) is 14. The first-order chi connectivity index (χ1) is 29.8. The number of aromatic hydroxyl groups is 6. The van der Waals surface area contributed by atoms with Gasteiger partial charge < -0.3 is 70.0 Å². The lowest BCUT2D eigenvalue weighted by Gasteiger charge is -2.39. The van der Waals surface area contributed by atoms with E-state index in [0.29, 0.717) is 44.7 Å². The topological polar surface area (TPSA) is 239 Å². The fourth-order valence-corrected chi connectivity index (χ4v) is 8.67. The van der Waals surface area contributed by atoms with Gasteiger partial charge in [0.05, 0.1) is 18.4 Å². The fourth-order valence-electron chi connectivity index (χ4n) is 8.67. The fraction of sp³-hybridized carbons (Fsp3) is 0.208. The van der Waals surface area contributed by atoms with Crippen molar-refractivity contribution in [2.24, 2.45) is 0 Å². The lowest BCUT2D eigenvalue weighted by molar-refractivity contribution is -0.277. The van der Waals surface area contributed by atoms with Gasteiger partial charge in [0.25, 0.3) is 0 Å². The van der Waals surface area contributed by atoms with Crippen LogP contribution in [0.3, 0.4) is 0 Å². The summed E-state index contributed by atoms with van der Waals surface area (Å²) in [7, 11) is 0. The van der Waals surface area contributed by atoms with Crippen molar-refractivity contribution in [1.29, 1.82) is 0 Å². The summed E-state index contributed by atoms with van der Waals surface area (Å²) in [6.07, 6.45) is -6.04. The van der Waals surface area contributed by atoms with Crippen LogP contribution in [-0.4, -0.2) is 88.4 Å².